The molecule has 0 spiro atoms. The summed E-state index contributed by atoms with van der Waals surface area (Å²) in [7, 11) is -1.20. The van der Waals surface area contributed by atoms with Crippen LogP contribution in [0.5, 0.6) is 0 Å². The van der Waals surface area contributed by atoms with Crippen molar-refractivity contribution in [3.05, 3.63) is 59.7 Å². The first kappa shape index (κ1) is 18.3. The van der Waals surface area contributed by atoms with Gasteiger partial charge in [-0.15, -0.1) is 0 Å². The molecule has 1 amide bonds. The summed E-state index contributed by atoms with van der Waals surface area (Å²) in [5.74, 6) is -0.456. The van der Waals surface area contributed by atoms with Gasteiger partial charge in [-0.2, -0.15) is 0 Å². The predicted octanol–water partition coefficient (Wildman–Crippen LogP) is 1.77. The minimum absolute atomic E-state index is 0.0758. The van der Waals surface area contributed by atoms with E-state index in [1.807, 2.05) is 4.90 Å². The van der Waals surface area contributed by atoms with Gasteiger partial charge in [0, 0.05) is 31.4 Å². The fourth-order valence-electron chi connectivity index (χ4n) is 2.96. The predicted molar refractivity (Wildman–Crippen MR) is 97.3 cm³/mol. The van der Waals surface area contributed by atoms with Crippen LogP contribution in [0.2, 0.25) is 0 Å². The first-order chi connectivity index (χ1) is 12.4. The quantitative estimate of drug-likeness (QED) is 0.859. The van der Waals surface area contributed by atoms with Gasteiger partial charge in [0.25, 0.3) is 5.91 Å². The Morgan fingerprint density at radius 3 is 2.81 bits per heavy atom. The number of carbonyl (C=O) groups is 1. The number of nitrogens with zero attached hydrogens (tertiary/aromatic N) is 2. The van der Waals surface area contributed by atoms with Gasteiger partial charge in [-0.1, -0.05) is 18.2 Å². The summed E-state index contributed by atoms with van der Waals surface area (Å²) in [5.41, 5.74) is 1.41. The summed E-state index contributed by atoms with van der Waals surface area (Å²) < 4.78 is 37.0. The molecule has 1 fully saturated rings. The minimum Gasteiger partial charge on any atom is -0.369 e. The number of rotatable bonds is 5. The fraction of sp³-hybridized carbons (Fsp3) is 0.333. The normalized spacial score (nSPS) is 18.5. The fourth-order valence-corrected chi connectivity index (χ4v) is 4.73. The Morgan fingerprint density at radius 1 is 1.35 bits per heavy atom. The number of benzene rings is 1. The van der Waals surface area contributed by atoms with Crippen molar-refractivity contribution in [2.75, 3.05) is 23.5 Å². The molecule has 0 saturated carbocycles. The van der Waals surface area contributed by atoms with Crippen molar-refractivity contribution in [3.8, 4) is 0 Å². The van der Waals surface area contributed by atoms with E-state index in [-0.39, 0.29) is 35.8 Å². The van der Waals surface area contributed by atoms with E-state index in [1.165, 1.54) is 12.3 Å². The van der Waals surface area contributed by atoms with Gasteiger partial charge in [-0.25, -0.2) is 12.8 Å². The van der Waals surface area contributed by atoms with Crippen LogP contribution in [0, 0.1) is 5.82 Å². The molecule has 2 heterocycles. The molecule has 26 heavy (non-hydrogen) atoms. The number of aromatic nitrogens is 1. The van der Waals surface area contributed by atoms with Gasteiger partial charge >= 0.3 is 0 Å². The van der Waals surface area contributed by atoms with E-state index in [0.717, 1.165) is 0 Å². The van der Waals surface area contributed by atoms with Gasteiger partial charge in [0.15, 0.2) is 9.84 Å². The molecule has 1 atom stereocenters. The van der Waals surface area contributed by atoms with Gasteiger partial charge < -0.3 is 10.2 Å². The van der Waals surface area contributed by atoms with Crippen molar-refractivity contribution in [2.24, 2.45) is 0 Å². The zero-order valence-corrected chi connectivity index (χ0v) is 15.2. The second kappa shape index (κ2) is 7.41. The molecule has 2 aromatic rings. The molecule has 8 heteroatoms. The third kappa shape index (κ3) is 4.19. The standard InChI is InChI=1S/C18H20FN3O3S/c1-22(15-6-7-26(24,25)12-15)16-8-14(9-20-11-16)18(23)21-10-13-4-2-3-5-17(13)19/h2-5,8-9,11,15H,6-7,10,12H2,1H3,(H,21,23). The number of nitrogens with one attached hydrogen (secondary N) is 1. The molecule has 1 aromatic heterocycles. The van der Waals surface area contributed by atoms with Crippen LogP contribution in [0.25, 0.3) is 0 Å². The monoisotopic (exact) mass is 377 g/mol. The second-order valence-electron chi connectivity index (χ2n) is 6.37. The zero-order chi connectivity index (χ0) is 18.7. The molecule has 138 valence electrons. The van der Waals surface area contributed by atoms with Gasteiger partial charge in [-0.05, 0) is 18.6 Å². The van der Waals surface area contributed by atoms with E-state index in [9.17, 15) is 17.6 Å². The molecular weight excluding hydrogens is 357 g/mol. The second-order valence-corrected chi connectivity index (χ2v) is 8.60. The van der Waals surface area contributed by atoms with Crippen LogP contribution in [0.15, 0.2) is 42.7 Å². The molecule has 1 aliphatic rings. The lowest BCUT2D eigenvalue weighted by Crippen LogP contribution is -2.33. The van der Waals surface area contributed by atoms with Gasteiger partial charge in [0.1, 0.15) is 5.82 Å². The average Bonchev–Trinajstić information content (AvgIpc) is 3.00. The van der Waals surface area contributed by atoms with E-state index < -0.39 is 9.84 Å². The Labute approximate surface area is 152 Å². The Kier molecular flexibility index (Phi) is 5.22. The van der Waals surface area contributed by atoms with Gasteiger partial charge in [-0.3, -0.25) is 9.78 Å². The average molecular weight is 377 g/mol. The van der Waals surface area contributed by atoms with Crippen LogP contribution in [0.3, 0.4) is 0 Å². The van der Waals surface area contributed by atoms with E-state index in [4.69, 9.17) is 0 Å². The van der Waals surface area contributed by atoms with Crippen molar-refractivity contribution in [1.82, 2.24) is 10.3 Å². The molecule has 0 aliphatic carbocycles. The summed E-state index contributed by atoms with van der Waals surface area (Å²) in [6, 6.07) is 7.78. The maximum absolute atomic E-state index is 13.6. The van der Waals surface area contributed by atoms with E-state index in [2.05, 4.69) is 10.3 Å². The van der Waals surface area contributed by atoms with Crippen LogP contribution < -0.4 is 10.2 Å². The smallest absolute Gasteiger partial charge is 0.253 e. The largest absolute Gasteiger partial charge is 0.369 e. The first-order valence-electron chi connectivity index (χ1n) is 8.25. The van der Waals surface area contributed by atoms with Crippen molar-refractivity contribution in [2.45, 2.75) is 19.0 Å². The van der Waals surface area contributed by atoms with Crippen molar-refractivity contribution in [1.29, 1.82) is 0 Å². The van der Waals surface area contributed by atoms with Crippen molar-refractivity contribution in [3.63, 3.8) is 0 Å². The molecule has 6 nitrogen and oxygen atoms in total. The highest BCUT2D eigenvalue weighted by Gasteiger charge is 2.31. The molecule has 1 unspecified atom stereocenters. The zero-order valence-electron chi connectivity index (χ0n) is 14.4. The Balaban J connectivity index is 1.68. The van der Waals surface area contributed by atoms with Crippen LogP contribution in [-0.2, 0) is 16.4 Å². The Bertz CT molecular complexity index is 917. The molecular formula is C18H20FN3O3S. The summed E-state index contributed by atoms with van der Waals surface area (Å²) in [6.07, 6.45) is 3.58. The van der Waals surface area contributed by atoms with Crippen molar-refractivity contribution >= 4 is 21.4 Å². The molecule has 0 bridgehead atoms. The summed E-state index contributed by atoms with van der Waals surface area (Å²) in [5, 5.41) is 2.67. The lowest BCUT2D eigenvalue weighted by atomic mass is 10.1. The number of anilines is 1. The van der Waals surface area contributed by atoms with Gasteiger partial charge in [0.05, 0.1) is 29.0 Å². The van der Waals surface area contributed by atoms with Crippen LogP contribution in [0.4, 0.5) is 10.1 Å². The van der Waals surface area contributed by atoms with E-state index in [1.54, 1.807) is 37.5 Å². The minimum atomic E-state index is -3.00. The molecule has 1 N–H and O–H groups in total. The molecule has 1 aliphatic heterocycles. The highest BCUT2D eigenvalue weighted by molar-refractivity contribution is 7.91. The lowest BCUT2D eigenvalue weighted by molar-refractivity contribution is 0.0950. The van der Waals surface area contributed by atoms with E-state index in [0.29, 0.717) is 23.2 Å². The summed E-state index contributed by atoms with van der Waals surface area (Å²) in [6.45, 7) is 0.0758. The Hall–Kier alpha value is -2.48. The molecule has 3 rings (SSSR count). The number of pyridine rings is 1. The number of amides is 1. The number of carbonyl (C=O) groups excluding carboxylic acids is 1. The summed E-state index contributed by atoms with van der Waals surface area (Å²) in [4.78, 5) is 18.3. The van der Waals surface area contributed by atoms with Crippen LogP contribution in [-0.4, -0.2) is 43.9 Å². The molecule has 0 radical (unpaired) electrons. The van der Waals surface area contributed by atoms with Gasteiger partial charge in [0.2, 0.25) is 0 Å². The third-order valence-corrected chi connectivity index (χ3v) is 6.30. The number of hydrogen-bond acceptors (Lipinski definition) is 5. The van der Waals surface area contributed by atoms with Crippen LogP contribution >= 0.6 is 0 Å². The maximum Gasteiger partial charge on any atom is 0.253 e. The lowest BCUT2D eigenvalue weighted by Gasteiger charge is -2.25. The number of sulfone groups is 1. The summed E-state index contributed by atoms with van der Waals surface area (Å²) >= 11 is 0. The SMILES string of the molecule is CN(c1cncc(C(=O)NCc2ccccc2F)c1)C1CCS(=O)(=O)C1. The highest BCUT2D eigenvalue weighted by Crippen LogP contribution is 2.23. The molecule has 1 aromatic carbocycles. The highest BCUT2D eigenvalue weighted by atomic mass is 32.2. The first-order valence-corrected chi connectivity index (χ1v) is 10.1. The maximum atomic E-state index is 13.6. The Morgan fingerprint density at radius 2 is 2.12 bits per heavy atom. The topological polar surface area (TPSA) is 79.4 Å². The third-order valence-electron chi connectivity index (χ3n) is 4.55. The number of halogens is 1. The molecule has 1 saturated heterocycles. The van der Waals surface area contributed by atoms with Crippen LogP contribution in [0.1, 0.15) is 22.3 Å². The van der Waals surface area contributed by atoms with Crippen molar-refractivity contribution < 1.29 is 17.6 Å². The van der Waals surface area contributed by atoms with E-state index >= 15 is 0 Å². The number of hydrogen-bond donors (Lipinski definition) is 1.